The standard InChI is InChI=1S/C17H12N.C6H7.2ClH.Zr/c1-2-7-15-12-16(11-14(15)6-1)18-10-9-13-5-3-4-8-17(13)18;1-6-4-2-3-5-6;;;/h1-12H;2-5H,1H3;2*1H;/q2*-1;;;+4/p-2. The average molecular weight is 472 g/mol. The molecule has 1 heterocycles. The molecule has 134 valence electrons. The van der Waals surface area contributed by atoms with Crippen LogP contribution >= 0.6 is 0 Å². The monoisotopic (exact) mass is 469 g/mol. The van der Waals surface area contributed by atoms with Gasteiger partial charge in [0.1, 0.15) is 0 Å². The van der Waals surface area contributed by atoms with E-state index in [1.807, 2.05) is 12.1 Å². The van der Waals surface area contributed by atoms with Crippen molar-refractivity contribution in [2.75, 3.05) is 0 Å². The van der Waals surface area contributed by atoms with E-state index in [1.54, 1.807) is 0 Å². The molecule has 0 radical (unpaired) electrons. The summed E-state index contributed by atoms with van der Waals surface area (Å²) in [5.74, 6) is 0. The molecule has 4 heteroatoms. The van der Waals surface area contributed by atoms with Crippen molar-refractivity contribution in [2.45, 2.75) is 6.92 Å². The van der Waals surface area contributed by atoms with Crippen LogP contribution in [0.1, 0.15) is 5.56 Å². The number of halogens is 2. The molecule has 27 heavy (non-hydrogen) atoms. The molecule has 0 aliphatic heterocycles. The number of aryl methyl sites for hydroxylation is 1. The normalized spacial score (nSPS) is 9.52. The number of rotatable bonds is 1. The van der Waals surface area contributed by atoms with Crippen molar-refractivity contribution in [2.24, 2.45) is 0 Å². The minimum absolute atomic E-state index is 0. The fourth-order valence-corrected chi connectivity index (χ4v) is 3.05. The molecule has 0 aliphatic carbocycles. The minimum atomic E-state index is 0. The van der Waals surface area contributed by atoms with Crippen LogP contribution in [0.15, 0.2) is 97.2 Å². The van der Waals surface area contributed by atoms with Crippen LogP contribution in [0.3, 0.4) is 0 Å². The molecule has 5 rings (SSSR count). The molecule has 0 atom stereocenters. The second-order valence-corrected chi connectivity index (χ2v) is 6.05. The van der Waals surface area contributed by atoms with Gasteiger partial charge in [0.25, 0.3) is 0 Å². The summed E-state index contributed by atoms with van der Waals surface area (Å²) in [5.41, 5.74) is 3.83. The third kappa shape index (κ3) is 5.23. The summed E-state index contributed by atoms with van der Waals surface area (Å²) in [4.78, 5) is 0. The number of hydrogen-bond donors (Lipinski definition) is 0. The maximum atomic E-state index is 2.25. The quantitative estimate of drug-likeness (QED) is 0.309. The Bertz CT molecular complexity index is 1040. The summed E-state index contributed by atoms with van der Waals surface area (Å²) in [6, 6.07) is 31.8. The van der Waals surface area contributed by atoms with Gasteiger partial charge in [-0.25, -0.2) is 12.1 Å². The average Bonchev–Trinajstić information content (AvgIpc) is 3.33. The number of nitrogens with zero attached hydrogens (tertiary/aromatic N) is 1. The van der Waals surface area contributed by atoms with Crippen molar-refractivity contribution in [3.8, 4) is 5.69 Å². The number of fused-ring (bicyclic) bond motifs is 2. The van der Waals surface area contributed by atoms with Gasteiger partial charge in [0.15, 0.2) is 0 Å². The molecule has 4 aromatic carbocycles. The van der Waals surface area contributed by atoms with Crippen molar-refractivity contribution in [3.63, 3.8) is 0 Å². The molecule has 1 nitrogen and oxygen atoms in total. The second-order valence-electron chi connectivity index (χ2n) is 6.05. The van der Waals surface area contributed by atoms with Crippen LogP contribution in [0.2, 0.25) is 0 Å². The molecule has 0 spiro atoms. The zero-order valence-electron chi connectivity index (χ0n) is 14.9. The molecule has 1 aromatic heterocycles. The Morgan fingerprint density at radius 1 is 0.778 bits per heavy atom. The molecule has 0 unspecified atom stereocenters. The summed E-state index contributed by atoms with van der Waals surface area (Å²) >= 11 is 0. The van der Waals surface area contributed by atoms with Crippen LogP contribution in [-0.4, -0.2) is 4.57 Å². The zero-order valence-corrected chi connectivity index (χ0v) is 18.9. The van der Waals surface area contributed by atoms with Gasteiger partial charge in [-0.1, -0.05) is 31.2 Å². The first-order chi connectivity index (χ1) is 11.8. The fourth-order valence-electron chi connectivity index (χ4n) is 3.05. The van der Waals surface area contributed by atoms with Gasteiger partial charge in [0.05, 0.1) is 5.52 Å². The van der Waals surface area contributed by atoms with Crippen LogP contribution < -0.4 is 24.8 Å². The number of benzene rings is 2. The topological polar surface area (TPSA) is 4.93 Å². The zero-order chi connectivity index (χ0) is 16.4. The summed E-state index contributed by atoms with van der Waals surface area (Å²) in [5, 5.41) is 3.87. The molecule has 0 saturated heterocycles. The van der Waals surface area contributed by atoms with Crippen LogP contribution in [0, 0.1) is 6.92 Å². The molecule has 5 aromatic rings. The maximum Gasteiger partial charge on any atom is 4.00 e. The van der Waals surface area contributed by atoms with E-state index in [9.17, 15) is 0 Å². The Hall–Kier alpha value is -1.60. The van der Waals surface area contributed by atoms with E-state index in [-0.39, 0.29) is 51.0 Å². The SMILES string of the molecule is C[c-]1cccc1.[Cl-].[Cl-].[Zr+4].c1ccc2[cH-]c(-n3ccc4ccccc43)cc2c1. The summed E-state index contributed by atoms with van der Waals surface area (Å²) in [6.45, 7) is 2.08. The van der Waals surface area contributed by atoms with Crippen molar-refractivity contribution >= 4 is 21.7 Å². The molecule has 0 bridgehead atoms. The van der Waals surface area contributed by atoms with Gasteiger partial charge in [-0.3, -0.25) is 0 Å². The van der Waals surface area contributed by atoms with Crippen LogP contribution in [0.5, 0.6) is 0 Å². The van der Waals surface area contributed by atoms with Crippen molar-refractivity contribution in [3.05, 3.63) is 103 Å². The summed E-state index contributed by atoms with van der Waals surface area (Å²) < 4.78 is 2.25. The smallest absolute Gasteiger partial charge is 1.00 e. The molecular weight excluding hydrogens is 452 g/mol. The first-order valence-electron chi connectivity index (χ1n) is 8.21. The van der Waals surface area contributed by atoms with Gasteiger partial charge >= 0.3 is 26.2 Å². The van der Waals surface area contributed by atoms with Gasteiger partial charge in [-0.15, -0.1) is 41.1 Å². The Kier molecular flexibility index (Phi) is 9.26. The van der Waals surface area contributed by atoms with E-state index < -0.39 is 0 Å². The molecule has 0 aliphatic rings. The van der Waals surface area contributed by atoms with E-state index >= 15 is 0 Å². The Morgan fingerprint density at radius 2 is 1.41 bits per heavy atom. The molecule has 0 amide bonds. The van der Waals surface area contributed by atoms with Crippen molar-refractivity contribution in [1.29, 1.82) is 0 Å². The van der Waals surface area contributed by atoms with Gasteiger partial charge in [-0.2, -0.15) is 17.7 Å². The van der Waals surface area contributed by atoms with E-state index in [2.05, 4.69) is 96.6 Å². The van der Waals surface area contributed by atoms with Gasteiger partial charge in [0, 0.05) is 6.20 Å². The maximum absolute atomic E-state index is 2.25. The number of para-hydroxylation sites is 1. The Morgan fingerprint density at radius 3 is 2.04 bits per heavy atom. The van der Waals surface area contributed by atoms with E-state index in [4.69, 9.17) is 0 Å². The van der Waals surface area contributed by atoms with Gasteiger partial charge in [-0.05, 0) is 23.2 Å². The number of aromatic nitrogens is 1. The predicted molar refractivity (Wildman–Crippen MR) is 103 cm³/mol. The van der Waals surface area contributed by atoms with Crippen molar-refractivity contribution in [1.82, 2.24) is 4.57 Å². The first kappa shape index (κ1) is 23.4. The van der Waals surface area contributed by atoms with Crippen LogP contribution in [-0.2, 0) is 26.2 Å². The second kappa shape index (κ2) is 10.7. The minimum Gasteiger partial charge on any atom is -1.00 e. The van der Waals surface area contributed by atoms with Crippen LogP contribution in [0.4, 0.5) is 0 Å². The largest absolute Gasteiger partial charge is 4.00 e. The van der Waals surface area contributed by atoms with E-state index in [0.29, 0.717) is 0 Å². The molecule has 0 N–H and O–H groups in total. The molecular formula is C23H19Cl2NZr. The third-order valence-electron chi connectivity index (χ3n) is 4.31. The Labute approximate surface area is 191 Å². The van der Waals surface area contributed by atoms with Gasteiger partial charge in [0.2, 0.25) is 0 Å². The number of hydrogen-bond acceptors (Lipinski definition) is 0. The van der Waals surface area contributed by atoms with Gasteiger partial charge < -0.3 is 29.4 Å². The van der Waals surface area contributed by atoms with E-state index in [1.165, 1.54) is 32.9 Å². The molecule has 0 saturated carbocycles. The summed E-state index contributed by atoms with van der Waals surface area (Å²) in [6.07, 6.45) is 2.14. The third-order valence-corrected chi connectivity index (χ3v) is 4.31. The van der Waals surface area contributed by atoms with Crippen LogP contribution in [0.25, 0.3) is 27.4 Å². The fraction of sp³-hybridized carbons (Fsp3) is 0.0435. The Balaban J connectivity index is 0.000000354. The van der Waals surface area contributed by atoms with Crippen molar-refractivity contribution < 1.29 is 51.0 Å². The predicted octanol–water partition coefficient (Wildman–Crippen LogP) is 0.222. The molecule has 0 fully saturated rings. The van der Waals surface area contributed by atoms with E-state index in [0.717, 1.165) is 0 Å². The first-order valence-corrected chi connectivity index (χ1v) is 8.21. The summed E-state index contributed by atoms with van der Waals surface area (Å²) in [7, 11) is 0.